The maximum Gasteiger partial charge on any atom is 0.110 e. The predicted molar refractivity (Wildman–Crippen MR) is 66.0 cm³/mol. The van der Waals surface area contributed by atoms with E-state index in [1.807, 2.05) is 0 Å². The SMILES string of the molecule is C[C@H]1[C@@H]2O[C@@H]2C(c2ccccc2)=CC[C@H]1C. The molecule has 0 aromatic heterocycles. The minimum absolute atomic E-state index is 0.363. The molecule has 0 spiro atoms. The van der Waals surface area contributed by atoms with Crippen LogP contribution in [0.2, 0.25) is 0 Å². The largest absolute Gasteiger partial charge is 0.364 e. The van der Waals surface area contributed by atoms with Gasteiger partial charge in [0.2, 0.25) is 0 Å². The van der Waals surface area contributed by atoms with E-state index in [-0.39, 0.29) is 0 Å². The van der Waals surface area contributed by atoms with E-state index in [1.54, 1.807) is 0 Å². The van der Waals surface area contributed by atoms with Gasteiger partial charge in [0.25, 0.3) is 0 Å². The number of benzene rings is 1. The summed E-state index contributed by atoms with van der Waals surface area (Å²) in [6, 6.07) is 10.6. The number of hydrogen-bond donors (Lipinski definition) is 0. The van der Waals surface area contributed by atoms with Gasteiger partial charge in [-0.15, -0.1) is 0 Å². The van der Waals surface area contributed by atoms with Gasteiger partial charge in [0.05, 0.1) is 6.10 Å². The zero-order chi connectivity index (χ0) is 11.1. The van der Waals surface area contributed by atoms with Crippen molar-refractivity contribution in [3.63, 3.8) is 0 Å². The van der Waals surface area contributed by atoms with E-state index in [0.29, 0.717) is 18.1 Å². The van der Waals surface area contributed by atoms with Crippen molar-refractivity contribution in [2.45, 2.75) is 32.5 Å². The highest BCUT2D eigenvalue weighted by molar-refractivity contribution is 5.71. The first-order valence-corrected chi connectivity index (χ1v) is 6.18. The van der Waals surface area contributed by atoms with E-state index in [4.69, 9.17) is 4.74 Å². The molecule has 1 aromatic carbocycles. The van der Waals surface area contributed by atoms with Crippen molar-refractivity contribution in [3.8, 4) is 0 Å². The molecule has 0 N–H and O–H groups in total. The summed E-state index contributed by atoms with van der Waals surface area (Å²) in [7, 11) is 0. The Morgan fingerprint density at radius 3 is 2.62 bits per heavy atom. The van der Waals surface area contributed by atoms with Crippen LogP contribution in [0.1, 0.15) is 25.8 Å². The Labute approximate surface area is 97.1 Å². The van der Waals surface area contributed by atoms with Crippen LogP contribution >= 0.6 is 0 Å². The molecule has 0 amide bonds. The highest BCUT2D eigenvalue weighted by Gasteiger charge is 2.48. The Balaban J connectivity index is 1.92. The first kappa shape index (κ1) is 10.1. The first-order chi connectivity index (χ1) is 7.77. The molecule has 2 aliphatic rings. The summed E-state index contributed by atoms with van der Waals surface area (Å²) in [5, 5.41) is 0. The molecule has 1 aliphatic carbocycles. The monoisotopic (exact) mass is 214 g/mol. The van der Waals surface area contributed by atoms with Crippen molar-refractivity contribution < 1.29 is 4.74 Å². The number of epoxide rings is 1. The molecule has 1 saturated heterocycles. The van der Waals surface area contributed by atoms with Gasteiger partial charge in [0.1, 0.15) is 6.10 Å². The summed E-state index contributed by atoms with van der Waals surface area (Å²) < 4.78 is 5.84. The smallest absolute Gasteiger partial charge is 0.110 e. The lowest BCUT2D eigenvalue weighted by atomic mass is 9.91. The summed E-state index contributed by atoms with van der Waals surface area (Å²) in [4.78, 5) is 0. The van der Waals surface area contributed by atoms with Crippen LogP contribution in [0.15, 0.2) is 36.4 Å². The molecule has 1 fully saturated rings. The van der Waals surface area contributed by atoms with Crippen LogP contribution in [-0.2, 0) is 4.74 Å². The van der Waals surface area contributed by atoms with Gasteiger partial charge in [0, 0.05) is 0 Å². The third-order valence-electron chi connectivity index (χ3n) is 4.06. The Hall–Kier alpha value is -1.08. The standard InChI is InChI=1S/C15H18O/c1-10-8-9-13(12-6-4-3-5-7-12)15-14(16-15)11(10)2/h3-7,9-11,14-15H,8H2,1-2H3/t10-,11-,14+,15-/m1/s1. The lowest BCUT2D eigenvalue weighted by Gasteiger charge is -2.14. The van der Waals surface area contributed by atoms with Crippen LogP contribution in [0.5, 0.6) is 0 Å². The number of allylic oxidation sites excluding steroid dienone is 1. The van der Waals surface area contributed by atoms with E-state index in [1.165, 1.54) is 17.6 Å². The molecule has 0 radical (unpaired) electrons. The molecule has 4 atom stereocenters. The molecular formula is C15H18O. The van der Waals surface area contributed by atoms with Crippen LogP contribution in [-0.4, -0.2) is 12.2 Å². The van der Waals surface area contributed by atoms with Gasteiger partial charge >= 0.3 is 0 Å². The second-order valence-corrected chi connectivity index (χ2v) is 5.12. The van der Waals surface area contributed by atoms with Crippen molar-refractivity contribution >= 4 is 5.57 Å². The van der Waals surface area contributed by atoms with Gasteiger partial charge in [-0.25, -0.2) is 0 Å². The quantitative estimate of drug-likeness (QED) is 0.652. The molecule has 0 unspecified atom stereocenters. The van der Waals surface area contributed by atoms with Crippen molar-refractivity contribution in [2.24, 2.45) is 11.8 Å². The maximum atomic E-state index is 5.84. The molecule has 1 nitrogen and oxygen atoms in total. The molecular weight excluding hydrogens is 196 g/mol. The van der Waals surface area contributed by atoms with Gasteiger partial charge < -0.3 is 4.74 Å². The second-order valence-electron chi connectivity index (χ2n) is 5.12. The average Bonchev–Trinajstić information content (AvgIpc) is 3.09. The van der Waals surface area contributed by atoms with Gasteiger partial charge in [-0.2, -0.15) is 0 Å². The minimum Gasteiger partial charge on any atom is -0.364 e. The van der Waals surface area contributed by atoms with Gasteiger partial charge in [-0.05, 0) is 29.4 Å². The average molecular weight is 214 g/mol. The summed E-state index contributed by atoms with van der Waals surface area (Å²) in [5.74, 6) is 1.42. The molecule has 1 aliphatic heterocycles. The number of rotatable bonds is 1. The molecule has 3 rings (SSSR count). The molecule has 0 saturated carbocycles. The molecule has 0 bridgehead atoms. The van der Waals surface area contributed by atoms with Crippen LogP contribution in [0, 0.1) is 11.8 Å². The van der Waals surface area contributed by atoms with E-state index in [0.717, 1.165) is 5.92 Å². The van der Waals surface area contributed by atoms with Crippen LogP contribution in [0.25, 0.3) is 5.57 Å². The maximum absolute atomic E-state index is 5.84. The number of hydrogen-bond acceptors (Lipinski definition) is 1. The van der Waals surface area contributed by atoms with E-state index >= 15 is 0 Å². The van der Waals surface area contributed by atoms with E-state index in [9.17, 15) is 0 Å². The van der Waals surface area contributed by atoms with Crippen molar-refractivity contribution in [1.29, 1.82) is 0 Å². The number of fused-ring (bicyclic) bond motifs is 1. The van der Waals surface area contributed by atoms with Gasteiger partial charge in [-0.3, -0.25) is 0 Å². The third-order valence-corrected chi connectivity index (χ3v) is 4.06. The zero-order valence-corrected chi connectivity index (χ0v) is 9.89. The predicted octanol–water partition coefficient (Wildman–Crippen LogP) is 3.51. The molecule has 1 heteroatoms. The Morgan fingerprint density at radius 2 is 1.88 bits per heavy atom. The summed E-state index contributed by atoms with van der Waals surface area (Å²) >= 11 is 0. The summed E-state index contributed by atoms with van der Waals surface area (Å²) in [6.45, 7) is 4.64. The van der Waals surface area contributed by atoms with Crippen molar-refractivity contribution in [2.75, 3.05) is 0 Å². The van der Waals surface area contributed by atoms with Crippen LogP contribution in [0.3, 0.4) is 0 Å². The Bertz CT molecular complexity index is 407. The fourth-order valence-electron chi connectivity index (χ4n) is 2.65. The van der Waals surface area contributed by atoms with Crippen molar-refractivity contribution in [1.82, 2.24) is 0 Å². The zero-order valence-electron chi connectivity index (χ0n) is 9.89. The second kappa shape index (κ2) is 3.74. The Kier molecular flexibility index (Phi) is 2.36. The van der Waals surface area contributed by atoms with E-state index in [2.05, 4.69) is 50.3 Å². The molecule has 1 aromatic rings. The normalized spacial score (nSPS) is 37.2. The summed E-state index contributed by atoms with van der Waals surface area (Å²) in [5.41, 5.74) is 2.73. The molecule has 1 heterocycles. The highest BCUT2D eigenvalue weighted by atomic mass is 16.6. The van der Waals surface area contributed by atoms with Crippen LogP contribution < -0.4 is 0 Å². The highest BCUT2D eigenvalue weighted by Crippen LogP contribution is 2.45. The van der Waals surface area contributed by atoms with Gasteiger partial charge in [0.15, 0.2) is 0 Å². The number of ether oxygens (including phenoxy) is 1. The van der Waals surface area contributed by atoms with E-state index < -0.39 is 0 Å². The third kappa shape index (κ3) is 1.60. The molecule has 84 valence electrons. The summed E-state index contributed by atoms with van der Waals surface area (Å²) in [6.07, 6.45) is 4.39. The van der Waals surface area contributed by atoms with Crippen LogP contribution in [0.4, 0.5) is 0 Å². The first-order valence-electron chi connectivity index (χ1n) is 6.18. The lowest BCUT2D eigenvalue weighted by Crippen LogP contribution is -2.13. The van der Waals surface area contributed by atoms with Crippen molar-refractivity contribution in [3.05, 3.63) is 42.0 Å². The Morgan fingerprint density at radius 1 is 1.12 bits per heavy atom. The molecule has 16 heavy (non-hydrogen) atoms. The minimum atomic E-state index is 0.363. The lowest BCUT2D eigenvalue weighted by molar-refractivity contribution is 0.274. The van der Waals surface area contributed by atoms with Gasteiger partial charge in [-0.1, -0.05) is 50.3 Å². The fraction of sp³-hybridized carbons (Fsp3) is 0.467. The fourth-order valence-corrected chi connectivity index (χ4v) is 2.65. The topological polar surface area (TPSA) is 12.5 Å².